The number of carboxylic acid groups (broad SMARTS) is 1. The molecule has 17 heavy (non-hydrogen) atoms. The Morgan fingerprint density at radius 1 is 1.47 bits per heavy atom. The minimum absolute atomic E-state index is 0.0306. The van der Waals surface area contributed by atoms with Gasteiger partial charge in [0.2, 0.25) is 5.88 Å². The largest absolute Gasteiger partial charge is 0.479 e. The molecule has 1 aromatic heterocycles. The molecule has 0 saturated heterocycles. The summed E-state index contributed by atoms with van der Waals surface area (Å²) in [6.45, 7) is 0. The summed E-state index contributed by atoms with van der Waals surface area (Å²) in [6.07, 6.45) is 4.59. The smallest absolute Gasteiger partial charge is 0.341 e. The van der Waals surface area contributed by atoms with E-state index < -0.39 is 5.97 Å². The molecule has 2 rings (SSSR count). The molecule has 0 bridgehead atoms. The molecule has 0 unspecified atom stereocenters. The van der Waals surface area contributed by atoms with Crippen LogP contribution in [-0.2, 0) is 0 Å². The van der Waals surface area contributed by atoms with Crippen molar-refractivity contribution in [2.24, 2.45) is 0 Å². The molecule has 0 radical (unpaired) electrons. The number of methoxy groups -OCH3 is 1. The van der Waals surface area contributed by atoms with E-state index in [4.69, 9.17) is 9.84 Å². The van der Waals surface area contributed by atoms with Crippen molar-refractivity contribution in [3.8, 4) is 5.88 Å². The van der Waals surface area contributed by atoms with Gasteiger partial charge in [-0.05, 0) is 12.8 Å². The Balaban J connectivity index is 2.17. The molecule has 1 aliphatic carbocycles. The van der Waals surface area contributed by atoms with E-state index in [1.165, 1.54) is 26.0 Å². The van der Waals surface area contributed by atoms with E-state index in [2.05, 4.69) is 15.5 Å². The number of hydrogen-bond donors (Lipinski definition) is 2. The van der Waals surface area contributed by atoms with Crippen LogP contribution < -0.4 is 10.1 Å². The standard InChI is InChI=1S/C11H15N3O3/c1-17-10-8(11(15)16)6-9(13-14-10)12-7-4-2-3-5-7/h6-7H,2-5H2,1H3,(H,12,13)(H,15,16). The maximum absolute atomic E-state index is 11.0. The second kappa shape index (κ2) is 4.99. The van der Waals surface area contributed by atoms with Gasteiger partial charge in [-0.2, -0.15) is 0 Å². The van der Waals surface area contributed by atoms with E-state index >= 15 is 0 Å². The zero-order valence-electron chi connectivity index (χ0n) is 9.64. The minimum Gasteiger partial charge on any atom is -0.479 e. The van der Waals surface area contributed by atoms with E-state index in [0.29, 0.717) is 11.9 Å². The van der Waals surface area contributed by atoms with Gasteiger partial charge in [0.1, 0.15) is 11.4 Å². The molecule has 1 heterocycles. The molecule has 0 aromatic carbocycles. The maximum Gasteiger partial charge on any atom is 0.341 e. The van der Waals surface area contributed by atoms with Crippen LogP contribution in [0, 0.1) is 0 Å². The summed E-state index contributed by atoms with van der Waals surface area (Å²) >= 11 is 0. The van der Waals surface area contributed by atoms with Crippen LogP contribution in [0.4, 0.5) is 5.82 Å². The molecule has 0 spiro atoms. The second-order valence-electron chi connectivity index (χ2n) is 4.08. The van der Waals surface area contributed by atoms with Gasteiger partial charge in [-0.1, -0.05) is 12.8 Å². The topological polar surface area (TPSA) is 84.3 Å². The van der Waals surface area contributed by atoms with Crippen molar-refractivity contribution in [3.63, 3.8) is 0 Å². The van der Waals surface area contributed by atoms with Crippen LogP contribution in [0.25, 0.3) is 0 Å². The second-order valence-corrected chi connectivity index (χ2v) is 4.08. The Bertz CT molecular complexity index is 416. The van der Waals surface area contributed by atoms with Crippen LogP contribution in [0.2, 0.25) is 0 Å². The fourth-order valence-electron chi connectivity index (χ4n) is 2.03. The summed E-state index contributed by atoms with van der Waals surface area (Å²) in [5.74, 6) is -0.532. The summed E-state index contributed by atoms with van der Waals surface area (Å²) in [5.41, 5.74) is 0.0306. The number of rotatable bonds is 4. The van der Waals surface area contributed by atoms with E-state index in [-0.39, 0.29) is 11.4 Å². The van der Waals surface area contributed by atoms with Gasteiger partial charge in [0.25, 0.3) is 0 Å². The number of hydrogen-bond acceptors (Lipinski definition) is 5. The van der Waals surface area contributed by atoms with E-state index in [1.807, 2.05) is 0 Å². The van der Waals surface area contributed by atoms with E-state index in [1.54, 1.807) is 0 Å². The number of aromatic nitrogens is 2. The summed E-state index contributed by atoms with van der Waals surface area (Å²) < 4.78 is 4.85. The first-order chi connectivity index (χ1) is 8.20. The molecule has 0 amide bonds. The van der Waals surface area contributed by atoms with Crippen LogP contribution in [0.1, 0.15) is 36.0 Å². The molecule has 6 nitrogen and oxygen atoms in total. The molecule has 1 saturated carbocycles. The number of nitrogens with zero attached hydrogens (tertiary/aromatic N) is 2. The molecule has 1 aromatic rings. The van der Waals surface area contributed by atoms with Crippen LogP contribution >= 0.6 is 0 Å². The van der Waals surface area contributed by atoms with Crippen LogP contribution in [0.15, 0.2) is 6.07 Å². The minimum atomic E-state index is -1.06. The van der Waals surface area contributed by atoms with Crippen molar-refractivity contribution in [1.82, 2.24) is 10.2 Å². The highest BCUT2D eigenvalue weighted by Gasteiger charge is 2.18. The van der Waals surface area contributed by atoms with Gasteiger partial charge in [-0.25, -0.2) is 4.79 Å². The summed E-state index contributed by atoms with van der Waals surface area (Å²) in [4.78, 5) is 11.0. The third-order valence-electron chi connectivity index (χ3n) is 2.89. The first-order valence-corrected chi connectivity index (χ1v) is 5.62. The van der Waals surface area contributed by atoms with Crippen molar-refractivity contribution in [1.29, 1.82) is 0 Å². The molecule has 0 aliphatic heterocycles. The number of carboxylic acids is 1. The first-order valence-electron chi connectivity index (χ1n) is 5.62. The van der Waals surface area contributed by atoms with E-state index in [9.17, 15) is 4.79 Å². The zero-order chi connectivity index (χ0) is 12.3. The summed E-state index contributed by atoms with van der Waals surface area (Å²) in [5, 5.41) is 19.9. The molecule has 6 heteroatoms. The Hall–Kier alpha value is -1.85. The number of anilines is 1. The molecular weight excluding hydrogens is 222 g/mol. The number of nitrogens with one attached hydrogen (secondary N) is 1. The number of ether oxygens (including phenoxy) is 1. The molecular formula is C11H15N3O3. The van der Waals surface area contributed by atoms with Gasteiger partial charge in [0.05, 0.1) is 7.11 Å². The van der Waals surface area contributed by atoms with Gasteiger partial charge in [-0.15, -0.1) is 10.2 Å². The first kappa shape index (κ1) is 11.6. The quantitative estimate of drug-likeness (QED) is 0.826. The predicted molar refractivity (Wildman–Crippen MR) is 61.4 cm³/mol. The monoisotopic (exact) mass is 237 g/mol. The number of aromatic carboxylic acids is 1. The van der Waals surface area contributed by atoms with Crippen molar-refractivity contribution in [2.45, 2.75) is 31.7 Å². The van der Waals surface area contributed by atoms with E-state index in [0.717, 1.165) is 12.8 Å². The fraction of sp³-hybridized carbons (Fsp3) is 0.545. The highest BCUT2D eigenvalue weighted by Crippen LogP contribution is 2.23. The van der Waals surface area contributed by atoms with Gasteiger partial charge in [-0.3, -0.25) is 0 Å². The molecule has 92 valence electrons. The van der Waals surface area contributed by atoms with Crippen molar-refractivity contribution in [3.05, 3.63) is 11.6 Å². The van der Waals surface area contributed by atoms with Gasteiger partial charge >= 0.3 is 5.97 Å². The maximum atomic E-state index is 11.0. The van der Waals surface area contributed by atoms with Crippen molar-refractivity contribution in [2.75, 3.05) is 12.4 Å². The number of carbonyl (C=O) groups is 1. The Kier molecular flexibility index (Phi) is 3.41. The van der Waals surface area contributed by atoms with Crippen LogP contribution in [-0.4, -0.2) is 34.4 Å². The SMILES string of the molecule is COc1nnc(NC2CCCC2)cc1C(=O)O. The lowest BCUT2D eigenvalue weighted by Gasteiger charge is -2.12. The van der Waals surface area contributed by atoms with Gasteiger partial charge in [0.15, 0.2) is 0 Å². The molecule has 0 atom stereocenters. The lowest BCUT2D eigenvalue weighted by molar-refractivity contribution is 0.0692. The average molecular weight is 237 g/mol. The Morgan fingerprint density at radius 3 is 2.76 bits per heavy atom. The van der Waals surface area contributed by atoms with Gasteiger partial charge < -0.3 is 15.2 Å². The molecule has 2 N–H and O–H groups in total. The van der Waals surface area contributed by atoms with Crippen molar-refractivity contribution < 1.29 is 14.6 Å². The highest BCUT2D eigenvalue weighted by atomic mass is 16.5. The Labute approximate surface area is 99.0 Å². The normalized spacial score (nSPS) is 15.8. The predicted octanol–water partition coefficient (Wildman–Crippen LogP) is 1.54. The fourth-order valence-corrected chi connectivity index (χ4v) is 2.03. The third-order valence-corrected chi connectivity index (χ3v) is 2.89. The lowest BCUT2D eigenvalue weighted by atomic mass is 10.2. The average Bonchev–Trinajstić information content (AvgIpc) is 2.81. The third kappa shape index (κ3) is 2.64. The van der Waals surface area contributed by atoms with Crippen LogP contribution in [0.3, 0.4) is 0 Å². The zero-order valence-corrected chi connectivity index (χ0v) is 9.64. The van der Waals surface area contributed by atoms with Crippen LogP contribution in [0.5, 0.6) is 5.88 Å². The lowest BCUT2D eigenvalue weighted by Crippen LogP contribution is -2.17. The summed E-state index contributed by atoms with van der Waals surface area (Å²) in [7, 11) is 1.38. The van der Waals surface area contributed by atoms with Gasteiger partial charge in [0, 0.05) is 12.1 Å². The molecule has 1 aliphatic rings. The highest BCUT2D eigenvalue weighted by molar-refractivity contribution is 5.90. The van der Waals surface area contributed by atoms with Crippen molar-refractivity contribution >= 4 is 11.8 Å². The summed E-state index contributed by atoms with van der Waals surface area (Å²) in [6, 6.07) is 1.84. The Morgan fingerprint density at radius 2 is 2.18 bits per heavy atom. The molecule has 1 fully saturated rings.